The Morgan fingerprint density at radius 1 is 0.688 bits per heavy atom. The first kappa shape index (κ1) is 41.6. The molecule has 15 nitrogen and oxygen atoms in total. The average molecular weight is 876 g/mol. The number of esters is 1. The van der Waals surface area contributed by atoms with Gasteiger partial charge in [0.1, 0.15) is 45.7 Å². The Labute approximate surface area is 372 Å². The van der Waals surface area contributed by atoms with E-state index >= 15 is 0 Å². The van der Waals surface area contributed by atoms with Crippen molar-refractivity contribution in [3.05, 3.63) is 143 Å². The number of rotatable bonds is 11. The molecule has 2 aliphatic rings. The predicted octanol–water partition coefficient (Wildman–Crippen LogP) is 9.31. The number of halogens is 1. The largest absolute Gasteiger partial charge is 0.465 e. The van der Waals surface area contributed by atoms with Gasteiger partial charge in [-0.15, -0.1) is 0 Å². The van der Waals surface area contributed by atoms with Gasteiger partial charge < -0.3 is 39.3 Å². The minimum Gasteiger partial charge on any atom is -0.465 e. The minimum atomic E-state index is -0.414. The van der Waals surface area contributed by atoms with Gasteiger partial charge in [0.15, 0.2) is 11.3 Å². The number of pyridine rings is 2. The molecule has 64 heavy (non-hydrogen) atoms. The van der Waals surface area contributed by atoms with Crippen LogP contribution in [0.1, 0.15) is 40.7 Å². The Morgan fingerprint density at radius 3 is 1.77 bits per heavy atom. The number of fused-ring (bicyclic) bond motifs is 2. The molecule has 0 unspecified atom stereocenters. The van der Waals surface area contributed by atoms with E-state index in [2.05, 4.69) is 35.2 Å². The molecule has 2 aliphatic heterocycles. The summed E-state index contributed by atoms with van der Waals surface area (Å²) in [7, 11) is 1.34. The molecular weight excluding hydrogens is 834 g/mol. The first-order valence-electron chi connectivity index (χ1n) is 20.7. The van der Waals surface area contributed by atoms with Crippen LogP contribution in [-0.4, -0.2) is 84.4 Å². The summed E-state index contributed by atoms with van der Waals surface area (Å²) in [4.78, 5) is 64.1. The summed E-state index contributed by atoms with van der Waals surface area (Å²) >= 11 is 6.02. The Kier molecular flexibility index (Phi) is 12.1. The van der Waals surface area contributed by atoms with Crippen molar-refractivity contribution in [3.8, 4) is 45.8 Å². The number of carbonyl (C=O) groups is 3. The molecule has 0 saturated carbocycles. The van der Waals surface area contributed by atoms with E-state index in [1.54, 1.807) is 53.7 Å². The Balaban J connectivity index is 0.000000162. The van der Waals surface area contributed by atoms with Crippen molar-refractivity contribution in [1.82, 2.24) is 45.0 Å². The fourth-order valence-corrected chi connectivity index (χ4v) is 7.58. The molecule has 0 atom stereocenters. The third-order valence-corrected chi connectivity index (χ3v) is 11.1. The molecule has 0 bridgehead atoms. The summed E-state index contributed by atoms with van der Waals surface area (Å²) in [6.45, 7) is 2.94. The standard InChI is InChI=1S/C24H21ClN4O2.C24H21N5O4/c25-18-8-10-19(11-9-18)31-21-14-16(23-27-20-4-3-12-26-24(20)28-23)6-7-17(21)15-29-13-2-1-5-22(29)30;1-32-23(30)15-6-8-18(9-7-15)33-20-13-16(21-27-19-3-2-10-25-22(19)28-21)4-5-17(20)14-29-12-11-26-24(29)31/h3-4,6-12,14H,1-2,5,13,15H2,(H,26,27,28);2-10,13H,11-12,14H2,1H3,(H,26,31)(H,25,27,28). The van der Waals surface area contributed by atoms with Gasteiger partial charge in [-0.05, 0) is 97.8 Å². The van der Waals surface area contributed by atoms with E-state index < -0.39 is 5.97 Å². The summed E-state index contributed by atoms with van der Waals surface area (Å²) in [5.41, 5.74) is 6.95. The topological polar surface area (TPSA) is 181 Å². The van der Waals surface area contributed by atoms with Crippen LogP contribution in [-0.2, 0) is 22.6 Å². The number of carbonyl (C=O) groups excluding carboxylic acids is 3. The fraction of sp³-hybridized carbons (Fsp3) is 0.188. The van der Waals surface area contributed by atoms with E-state index in [9.17, 15) is 14.4 Å². The van der Waals surface area contributed by atoms with Crippen LogP contribution in [0.4, 0.5) is 4.79 Å². The highest BCUT2D eigenvalue weighted by Gasteiger charge is 2.23. The SMILES string of the molecule is COC(=O)c1ccc(Oc2cc(-c3nc4cccnc4[nH]3)ccc2CN2CCNC2=O)cc1.O=C1CCCCN1Cc1ccc(-c2nc3cccnc3[nH]2)cc1Oc1ccc(Cl)cc1. The maximum atomic E-state index is 12.3. The summed E-state index contributed by atoms with van der Waals surface area (Å²) in [5, 5.41) is 3.46. The van der Waals surface area contributed by atoms with E-state index in [4.69, 9.17) is 25.8 Å². The van der Waals surface area contributed by atoms with Crippen molar-refractivity contribution >= 4 is 51.8 Å². The number of aromatic nitrogens is 6. The lowest BCUT2D eigenvalue weighted by Gasteiger charge is -2.27. The second-order valence-electron chi connectivity index (χ2n) is 15.2. The molecule has 4 aromatic carbocycles. The Hall–Kier alpha value is -7.78. The van der Waals surface area contributed by atoms with E-state index in [1.165, 1.54) is 7.11 Å². The Bertz CT molecular complexity index is 2910. The molecule has 8 aromatic rings. The molecular formula is C48H42ClN9O6. The molecule has 0 aliphatic carbocycles. The number of methoxy groups -OCH3 is 1. The summed E-state index contributed by atoms with van der Waals surface area (Å²) in [5.74, 6) is 3.67. The number of aromatic amines is 2. The molecule has 3 N–H and O–H groups in total. The smallest absolute Gasteiger partial charge is 0.337 e. The molecule has 3 amide bonds. The van der Waals surface area contributed by atoms with Crippen LogP contribution in [0.5, 0.6) is 23.0 Å². The molecule has 2 saturated heterocycles. The highest BCUT2D eigenvalue weighted by molar-refractivity contribution is 6.30. The lowest BCUT2D eigenvalue weighted by molar-refractivity contribution is -0.133. The third-order valence-electron chi connectivity index (χ3n) is 10.8. The van der Waals surface area contributed by atoms with E-state index in [0.717, 1.165) is 64.1 Å². The maximum Gasteiger partial charge on any atom is 0.337 e. The molecule has 322 valence electrons. The van der Waals surface area contributed by atoms with Gasteiger partial charge in [-0.3, -0.25) is 4.79 Å². The van der Waals surface area contributed by atoms with Crippen molar-refractivity contribution in [1.29, 1.82) is 0 Å². The number of H-pyrrole nitrogens is 2. The molecule has 16 heteroatoms. The highest BCUT2D eigenvalue weighted by atomic mass is 35.5. The molecule has 4 aromatic heterocycles. The van der Waals surface area contributed by atoms with Crippen LogP contribution < -0.4 is 14.8 Å². The first-order chi connectivity index (χ1) is 31.3. The van der Waals surface area contributed by atoms with Gasteiger partial charge in [0.05, 0.1) is 19.2 Å². The molecule has 2 fully saturated rings. The average Bonchev–Trinajstić information content (AvgIpc) is 4.08. The number of piperidine rings is 1. The number of amides is 3. The zero-order valence-electron chi connectivity index (χ0n) is 34.7. The monoisotopic (exact) mass is 875 g/mol. The second kappa shape index (κ2) is 18.7. The molecule has 6 heterocycles. The van der Waals surface area contributed by atoms with Crippen molar-refractivity contribution < 1.29 is 28.6 Å². The number of urea groups is 1. The summed E-state index contributed by atoms with van der Waals surface area (Å²) < 4.78 is 17.2. The molecule has 0 spiro atoms. The van der Waals surface area contributed by atoms with Crippen LogP contribution in [0, 0.1) is 0 Å². The number of imidazole rings is 2. The number of ether oxygens (including phenoxy) is 3. The van der Waals surface area contributed by atoms with Crippen LogP contribution in [0.2, 0.25) is 5.02 Å². The van der Waals surface area contributed by atoms with E-state index in [0.29, 0.717) is 77.7 Å². The van der Waals surface area contributed by atoms with E-state index in [-0.39, 0.29) is 11.9 Å². The van der Waals surface area contributed by atoms with Crippen LogP contribution in [0.15, 0.2) is 122 Å². The van der Waals surface area contributed by atoms with Crippen molar-refractivity contribution in [2.24, 2.45) is 0 Å². The second-order valence-corrected chi connectivity index (χ2v) is 15.6. The lowest BCUT2D eigenvalue weighted by Crippen LogP contribution is -2.34. The minimum absolute atomic E-state index is 0.101. The van der Waals surface area contributed by atoms with Crippen molar-refractivity contribution in [3.63, 3.8) is 0 Å². The Morgan fingerprint density at radius 2 is 1.25 bits per heavy atom. The number of nitrogens with zero attached hydrogens (tertiary/aromatic N) is 6. The number of likely N-dealkylation sites (tertiary alicyclic amines) is 1. The van der Waals surface area contributed by atoms with Gasteiger partial charge >= 0.3 is 12.0 Å². The van der Waals surface area contributed by atoms with Gasteiger partial charge in [-0.25, -0.2) is 29.5 Å². The van der Waals surface area contributed by atoms with Gasteiger partial charge in [0.2, 0.25) is 5.91 Å². The van der Waals surface area contributed by atoms with Gasteiger partial charge in [-0.2, -0.15) is 0 Å². The zero-order chi connectivity index (χ0) is 44.0. The maximum absolute atomic E-state index is 12.3. The van der Waals surface area contributed by atoms with Crippen molar-refractivity contribution in [2.45, 2.75) is 32.4 Å². The van der Waals surface area contributed by atoms with Gasteiger partial charge in [0.25, 0.3) is 0 Å². The fourth-order valence-electron chi connectivity index (χ4n) is 7.45. The van der Waals surface area contributed by atoms with Crippen LogP contribution in [0.3, 0.4) is 0 Å². The quantitative estimate of drug-likeness (QED) is 0.106. The van der Waals surface area contributed by atoms with Crippen LogP contribution in [0.25, 0.3) is 45.1 Å². The van der Waals surface area contributed by atoms with Gasteiger partial charge in [-0.1, -0.05) is 35.9 Å². The number of hydrogen-bond acceptors (Lipinski definition) is 10. The van der Waals surface area contributed by atoms with E-state index in [1.807, 2.05) is 77.7 Å². The normalized spacial score (nSPS) is 13.7. The molecule has 10 rings (SSSR count). The van der Waals surface area contributed by atoms with Gasteiger partial charge in [0, 0.05) is 72.3 Å². The van der Waals surface area contributed by atoms with Crippen molar-refractivity contribution in [2.75, 3.05) is 26.7 Å². The summed E-state index contributed by atoms with van der Waals surface area (Å²) in [6.07, 6.45) is 6.04. The summed E-state index contributed by atoms with van der Waals surface area (Å²) in [6, 6.07) is 33.1. The highest BCUT2D eigenvalue weighted by Crippen LogP contribution is 2.34. The number of hydrogen-bond donors (Lipinski definition) is 3. The molecule has 0 radical (unpaired) electrons. The predicted molar refractivity (Wildman–Crippen MR) is 241 cm³/mol. The number of nitrogens with one attached hydrogen (secondary N) is 3. The lowest BCUT2D eigenvalue weighted by atomic mass is 10.1. The number of benzene rings is 4. The zero-order valence-corrected chi connectivity index (χ0v) is 35.5. The first-order valence-corrected chi connectivity index (χ1v) is 21.1. The van der Waals surface area contributed by atoms with Crippen LogP contribution >= 0.6 is 11.6 Å². The third kappa shape index (κ3) is 9.49.